The molecule has 1 aromatic carbocycles. The molecule has 0 atom stereocenters. The van der Waals surface area contributed by atoms with Gasteiger partial charge in [0.25, 0.3) is 0 Å². The third-order valence-electron chi connectivity index (χ3n) is 1.55. The van der Waals surface area contributed by atoms with Crippen molar-refractivity contribution in [3.05, 3.63) is 22.7 Å². The van der Waals surface area contributed by atoms with Crippen molar-refractivity contribution in [2.75, 3.05) is 5.32 Å². The van der Waals surface area contributed by atoms with Crippen molar-refractivity contribution in [2.24, 2.45) is 0 Å². The number of anilines is 1. The molecule has 3 nitrogen and oxygen atoms in total. The lowest BCUT2D eigenvalue weighted by Crippen LogP contribution is -2.09. The summed E-state index contributed by atoms with van der Waals surface area (Å²) < 4.78 is 0.816. The first-order valence-electron chi connectivity index (χ1n) is 3.92. The van der Waals surface area contributed by atoms with Crippen molar-refractivity contribution in [3.63, 3.8) is 0 Å². The Labute approximate surface area is 84.9 Å². The molecule has 0 unspecified atom stereocenters. The van der Waals surface area contributed by atoms with Gasteiger partial charge in [-0.2, -0.15) is 0 Å². The van der Waals surface area contributed by atoms with Gasteiger partial charge < -0.3 is 10.4 Å². The van der Waals surface area contributed by atoms with Crippen LogP contribution in [0.1, 0.15) is 13.3 Å². The zero-order chi connectivity index (χ0) is 9.84. The number of phenols is 1. The Kier molecular flexibility index (Phi) is 3.31. The minimum Gasteiger partial charge on any atom is -0.506 e. The molecule has 70 valence electrons. The van der Waals surface area contributed by atoms with E-state index in [-0.39, 0.29) is 11.7 Å². The van der Waals surface area contributed by atoms with E-state index in [9.17, 15) is 9.90 Å². The molecule has 0 aliphatic heterocycles. The van der Waals surface area contributed by atoms with E-state index in [0.29, 0.717) is 12.1 Å². The van der Waals surface area contributed by atoms with Crippen molar-refractivity contribution in [1.29, 1.82) is 0 Å². The van der Waals surface area contributed by atoms with Gasteiger partial charge in [-0.1, -0.05) is 22.9 Å². The number of amides is 1. The highest BCUT2D eigenvalue weighted by molar-refractivity contribution is 9.10. The van der Waals surface area contributed by atoms with Gasteiger partial charge in [0.2, 0.25) is 5.91 Å². The van der Waals surface area contributed by atoms with E-state index >= 15 is 0 Å². The van der Waals surface area contributed by atoms with E-state index < -0.39 is 0 Å². The minimum atomic E-state index is -0.117. The molecule has 0 spiro atoms. The summed E-state index contributed by atoms with van der Waals surface area (Å²) in [5.41, 5.74) is 0.432. The van der Waals surface area contributed by atoms with Crippen LogP contribution < -0.4 is 5.32 Å². The van der Waals surface area contributed by atoms with Gasteiger partial charge in [0, 0.05) is 10.9 Å². The summed E-state index contributed by atoms with van der Waals surface area (Å²) in [5, 5.41) is 11.9. The molecule has 0 saturated carbocycles. The van der Waals surface area contributed by atoms with Crippen LogP contribution >= 0.6 is 15.9 Å². The lowest BCUT2D eigenvalue weighted by atomic mass is 10.3. The fraction of sp³-hybridized carbons (Fsp3) is 0.222. The standard InChI is InChI=1S/C9H10BrNO2/c1-2-9(13)11-7-5-6(10)3-4-8(7)12/h3-5,12H,2H2,1H3,(H,11,13). The second-order valence-corrected chi connectivity index (χ2v) is 3.48. The molecular weight excluding hydrogens is 234 g/mol. The topological polar surface area (TPSA) is 49.3 Å². The number of nitrogens with one attached hydrogen (secondary N) is 1. The number of rotatable bonds is 2. The Morgan fingerprint density at radius 1 is 1.62 bits per heavy atom. The molecule has 0 saturated heterocycles. The van der Waals surface area contributed by atoms with Gasteiger partial charge in [0.1, 0.15) is 5.75 Å². The van der Waals surface area contributed by atoms with Crippen LogP contribution in [0, 0.1) is 0 Å². The summed E-state index contributed by atoms with van der Waals surface area (Å²) in [4.78, 5) is 11.0. The molecule has 0 radical (unpaired) electrons. The third kappa shape index (κ3) is 2.73. The van der Waals surface area contributed by atoms with Gasteiger partial charge in [-0.05, 0) is 18.2 Å². The predicted molar refractivity (Wildman–Crippen MR) is 54.7 cm³/mol. The van der Waals surface area contributed by atoms with E-state index in [1.54, 1.807) is 19.1 Å². The van der Waals surface area contributed by atoms with Gasteiger partial charge in [0.05, 0.1) is 5.69 Å². The minimum absolute atomic E-state index is 0.0741. The van der Waals surface area contributed by atoms with Crippen LogP contribution in [-0.4, -0.2) is 11.0 Å². The average molecular weight is 244 g/mol. The first-order chi connectivity index (χ1) is 6.13. The summed E-state index contributed by atoms with van der Waals surface area (Å²) in [5.74, 6) is -0.0431. The van der Waals surface area contributed by atoms with Gasteiger partial charge in [0.15, 0.2) is 0 Å². The van der Waals surface area contributed by atoms with Crippen molar-refractivity contribution in [1.82, 2.24) is 0 Å². The molecule has 4 heteroatoms. The van der Waals surface area contributed by atoms with Gasteiger partial charge in [-0.15, -0.1) is 0 Å². The number of aromatic hydroxyl groups is 1. The second-order valence-electron chi connectivity index (χ2n) is 2.56. The van der Waals surface area contributed by atoms with Crippen molar-refractivity contribution >= 4 is 27.5 Å². The van der Waals surface area contributed by atoms with Crippen molar-refractivity contribution < 1.29 is 9.90 Å². The van der Waals surface area contributed by atoms with Crippen molar-refractivity contribution in [3.8, 4) is 5.75 Å². The van der Waals surface area contributed by atoms with Gasteiger partial charge in [-0.25, -0.2) is 0 Å². The summed E-state index contributed by atoms with van der Waals surface area (Å²) in [6, 6.07) is 4.88. The highest BCUT2D eigenvalue weighted by Gasteiger charge is 2.04. The lowest BCUT2D eigenvalue weighted by Gasteiger charge is -2.05. The molecule has 1 aromatic rings. The molecule has 1 amide bonds. The molecule has 0 fully saturated rings. The highest BCUT2D eigenvalue weighted by Crippen LogP contribution is 2.26. The van der Waals surface area contributed by atoms with Crippen LogP contribution in [0.2, 0.25) is 0 Å². The Bertz CT molecular complexity index is 325. The monoisotopic (exact) mass is 243 g/mol. The molecule has 0 heterocycles. The van der Waals surface area contributed by atoms with E-state index in [4.69, 9.17) is 0 Å². The Morgan fingerprint density at radius 3 is 2.92 bits per heavy atom. The molecule has 2 N–H and O–H groups in total. The Morgan fingerprint density at radius 2 is 2.31 bits per heavy atom. The Balaban J connectivity index is 2.87. The Hall–Kier alpha value is -1.03. The maximum atomic E-state index is 11.0. The van der Waals surface area contributed by atoms with Crippen LogP contribution in [-0.2, 0) is 4.79 Å². The quantitative estimate of drug-likeness (QED) is 0.785. The molecule has 1 rings (SSSR count). The molecule has 0 aliphatic rings. The van der Waals surface area contributed by atoms with Crippen LogP contribution in [0.3, 0.4) is 0 Å². The van der Waals surface area contributed by atoms with E-state index in [1.807, 2.05) is 0 Å². The first kappa shape index (κ1) is 10.1. The number of phenolic OH excluding ortho intramolecular Hbond substituents is 1. The molecule has 0 aromatic heterocycles. The third-order valence-corrected chi connectivity index (χ3v) is 2.05. The second kappa shape index (κ2) is 4.28. The van der Waals surface area contributed by atoms with Crippen LogP contribution in [0.5, 0.6) is 5.75 Å². The number of halogens is 1. The van der Waals surface area contributed by atoms with E-state index in [2.05, 4.69) is 21.2 Å². The predicted octanol–water partition coefficient (Wildman–Crippen LogP) is 2.50. The first-order valence-corrected chi connectivity index (χ1v) is 4.71. The summed E-state index contributed by atoms with van der Waals surface area (Å²) in [6.07, 6.45) is 0.395. The average Bonchev–Trinajstić information content (AvgIpc) is 2.11. The normalized spacial score (nSPS) is 9.69. The smallest absolute Gasteiger partial charge is 0.224 e. The summed E-state index contributed by atoms with van der Waals surface area (Å²) >= 11 is 3.25. The zero-order valence-electron chi connectivity index (χ0n) is 7.17. The molecule has 13 heavy (non-hydrogen) atoms. The maximum absolute atomic E-state index is 11.0. The number of hydrogen-bond donors (Lipinski definition) is 2. The SMILES string of the molecule is CCC(=O)Nc1cc(Br)ccc1O. The largest absolute Gasteiger partial charge is 0.506 e. The van der Waals surface area contributed by atoms with Crippen LogP contribution in [0.25, 0.3) is 0 Å². The fourth-order valence-corrected chi connectivity index (χ4v) is 1.21. The lowest BCUT2D eigenvalue weighted by molar-refractivity contribution is -0.115. The van der Waals surface area contributed by atoms with Crippen LogP contribution in [0.15, 0.2) is 22.7 Å². The van der Waals surface area contributed by atoms with E-state index in [1.165, 1.54) is 6.07 Å². The van der Waals surface area contributed by atoms with Gasteiger partial charge in [-0.3, -0.25) is 4.79 Å². The maximum Gasteiger partial charge on any atom is 0.224 e. The van der Waals surface area contributed by atoms with Crippen molar-refractivity contribution in [2.45, 2.75) is 13.3 Å². The van der Waals surface area contributed by atoms with Crippen LogP contribution in [0.4, 0.5) is 5.69 Å². The summed E-state index contributed by atoms with van der Waals surface area (Å²) in [6.45, 7) is 1.75. The molecule has 0 bridgehead atoms. The molecule has 0 aliphatic carbocycles. The summed E-state index contributed by atoms with van der Waals surface area (Å²) in [7, 11) is 0. The number of carbonyl (C=O) groups is 1. The van der Waals surface area contributed by atoms with E-state index in [0.717, 1.165) is 4.47 Å². The number of hydrogen-bond acceptors (Lipinski definition) is 2. The number of benzene rings is 1. The van der Waals surface area contributed by atoms with Gasteiger partial charge >= 0.3 is 0 Å². The zero-order valence-corrected chi connectivity index (χ0v) is 8.76. The fourth-order valence-electron chi connectivity index (χ4n) is 0.847. The number of carbonyl (C=O) groups excluding carboxylic acids is 1. The highest BCUT2D eigenvalue weighted by atomic mass is 79.9. The molecular formula is C9H10BrNO2.